The topological polar surface area (TPSA) is 101 Å². The van der Waals surface area contributed by atoms with Gasteiger partial charge in [-0.25, -0.2) is 0 Å². The number of carboxylic acids is 1. The highest BCUT2D eigenvalue weighted by atomic mass is 35.5. The van der Waals surface area contributed by atoms with Crippen molar-refractivity contribution in [1.29, 1.82) is 0 Å². The molecule has 2 rings (SSSR count). The first-order valence-electron chi connectivity index (χ1n) is 6.82. The van der Waals surface area contributed by atoms with Crippen LogP contribution in [0.3, 0.4) is 0 Å². The lowest BCUT2D eigenvalue weighted by Gasteiger charge is -2.30. The molecule has 7 nitrogen and oxygen atoms in total. The highest BCUT2D eigenvalue weighted by molar-refractivity contribution is 6.31. The van der Waals surface area contributed by atoms with Gasteiger partial charge in [0.2, 0.25) is 5.91 Å². The first-order valence-corrected chi connectivity index (χ1v) is 7.19. The molecule has 0 spiro atoms. The number of rotatable bonds is 4. The standard InChI is InChI=1S/C14H15ClN2O5/c15-12-8-11(17(21)22)2-1-10(12)7-13(18)16-5-3-9(4-6-16)14(19)20/h1-2,8-9H,3-7H2,(H,19,20). The molecule has 0 aromatic heterocycles. The molecule has 118 valence electrons. The van der Waals surface area contributed by atoms with Gasteiger partial charge in [0, 0.05) is 25.2 Å². The molecule has 0 radical (unpaired) electrons. The minimum absolute atomic E-state index is 0.0502. The summed E-state index contributed by atoms with van der Waals surface area (Å²) < 4.78 is 0. The van der Waals surface area contributed by atoms with E-state index >= 15 is 0 Å². The number of amides is 1. The van der Waals surface area contributed by atoms with Crippen molar-refractivity contribution in [3.8, 4) is 0 Å². The van der Waals surface area contributed by atoms with Gasteiger partial charge in [0.15, 0.2) is 0 Å². The number of nitrogens with zero attached hydrogens (tertiary/aromatic N) is 2. The second-order valence-electron chi connectivity index (χ2n) is 5.20. The number of piperidine rings is 1. The first-order chi connectivity index (χ1) is 10.4. The van der Waals surface area contributed by atoms with Gasteiger partial charge < -0.3 is 10.0 Å². The fraction of sp³-hybridized carbons (Fsp3) is 0.429. The number of carboxylic acid groups (broad SMARTS) is 1. The monoisotopic (exact) mass is 326 g/mol. The Kier molecular flexibility index (Phi) is 4.97. The van der Waals surface area contributed by atoms with Crippen LogP contribution in [0, 0.1) is 16.0 Å². The highest BCUT2D eigenvalue weighted by Gasteiger charge is 2.27. The van der Waals surface area contributed by atoms with Crippen LogP contribution in [0.1, 0.15) is 18.4 Å². The van der Waals surface area contributed by atoms with Crippen LogP contribution in [0.5, 0.6) is 0 Å². The highest BCUT2D eigenvalue weighted by Crippen LogP contribution is 2.24. The number of hydrogen-bond donors (Lipinski definition) is 1. The summed E-state index contributed by atoms with van der Waals surface area (Å²) in [5.41, 5.74) is 0.404. The molecule has 22 heavy (non-hydrogen) atoms. The Bertz CT molecular complexity index is 611. The first kappa shape index (κ1) is 16.2. The van der Waals surface area contributed by atoms with Crippen LogP contribution >= 0.6 is 11.6 Å². The number of carbonyl (C=O) groups is 2. The molecule has 0 unspecified atom stereocenters. The van der Waals surface area contributed by atoms with Crippen LogP contribution in [-0.4, -0.2) is 39.9 Å². The number of benzene rings is 1. The summed E-state index contributed by atoms with van der Waals surface area (Å²) in [6.45, 7) is 0.806. The van der Waals surface area contributed by atoms with Crippen LogP contribution in [0.25, 0.3) is 0 Å². The van der Waals surface area contributed by atoms with Gasteiger partial charge >= 0.3 is 5.97 Å². The van der Waals surface area contributed by atoms with E-state index in [0.717, 1.165) is 0 Å². The van der Waals surface area contributed by atoms with Crippen LogP contribution in [0.2, 0.25) is 5.02 Å². The molecule has 1 N–H and O–H groups in total. The van der Waals surface area contributed by atoms with Crippen LogP contribution in [0.15, 0.2) is 18.2 Å². The van der Waals surface area contributed by atoms with Gasteiger partial charge in [0.05, 0.1) is 22.3 Å². The van der Waals surface area contributed by atoms with E-state index < -0.39 is 16.8 Å². The van der Waals surface area contributed by atoms with Gasteiger partial charge in [-0.15, -0.1) is 0 Å². The predicted molar refractivity (Wildman–Crippen MR) is 78.8 cm³/mol. The molecule has 0 atom stereocenters. The lowest BCUT2D eigenvalue weighted by Crippen LogP contribution is -2.41. The SMILES string of the molecule is O=C(O)C1CCN(C(=O)Cc2ccc([N+](=O)[O-])cc2Cl)CC1. The maximum Gasteiger partial charge on any atom is 0.306 e. The van der Waals surface area contributed by atoms with Crippen molar-refractivity contribution in [3.05, 3.63) is 38.9 Å². The summed E-state index contributed by atoms with van der Waals surface area (Å²) in [5.74, 6) is -1.38. The third-order valence-corrected chi connectivity index (χ3v) is 4.14. The molecule has 1 amide bonds. The van der Waals surface area contributed by atoms with Crippen molar-refractivity contribution in [1.82, 2.24) is 4.90 Å². The maximum atomic E-state index is 12.2. The number of hydrogen-bond acceptors (Lipinski definition) is 4. The van der Waals surface area contributed by atoms with Crippen molar-refractivity contribution < 1.29 is 19.6 Å². The van der Waals surface area contributed by atoms with Crippen molar-refractivity contribution in [3.63, 3.8) is 0 Å². The Morgan fingerprint density at radius 2 is 2.00 bits per heavy atom. The lowest BCUT2D eigenvalue weighted by atomic mass is 9.96. The van der Waals surface area contributed by atoms with Gasteiger partial charge in [-0.2, -0.15) is 0 Å². The third kappa shape index (κ3) is 3.73. The van der Waals surface area contributed by atoms with Gasteiger partial charge in [-0.05, 0) is 18.4 Å². The number of likely N-dealkylation sites (tertiary alicyclic amines) is 1. The van der Waals surface area contributed by atoms with E-state index in [-0.39, 0.29) is 23.0 Å². The van der Waals surface area contributed by atoms with Gasteiger partial charge in [0.1, 0.15) is 0 Å². The number of non-ortho nitro benzene ring substituents is 1. The molecular formula is C14H15ClN2O5. The quantitative estimate of drug-likeness (QED) is 0.674. The Hall–Kier alpha value is -2.15. The van der Waals surface area contributed by atoms with Gasteiger partial charge in [-0.1, -0.05) is 17.7 Å². The second kappa shape index (κ2) is 6.74. The molecule has 0 saturated carbocycles. The minimum Gasteiger partial charge on any atom is -0.481 e. The largest absolute Gasteiger partial charge is 0.481 e. The Labute approximate surface area is 131 Å². The molecular weight excluding hydrogens is 312 g/mol. The van der Waals surface area contributed by atoms with E-state index in [1.807, 2.05) is 0 Å². The van der Waals surface area contributed by atoms with E-state index in [9.17, 15) is 19.7 Å². The summed E-state index contributed by atoms with van der Waals surface area (Å²) in [6, 6.07) is 4.01. The Morgan fingerprint density at radius 1 is 1.36 bits per heavy atom. The minimum atomic E-state index is -0.828. The van der Waals surface area contributed by atoms with Gasteiger partial charge in [-0.3, -0.25) is 19.7 Å². The second-order valence-corrected chi connectivity index (χ2v) is 5.61. The molecule has 1 fully saturated rings. The molecule has 1 aromatic rings. The molecule has 8 heteroatoms. The van der Waals surface area contributed by atoms with E-state index in [4.69, 9.17) is 16.7 Å². The molecule has 1 saturated heterocycles. The number of aliphatic carboxylic acids is 1. The lowest BCUT2D eigenvalue weighted by molar-refractivity contribution is -0.384. The summed E-state index contributed by atoms with van der Waals surface area (Å²) in [7, 11) is 0. The third-order valence-electron chi connectivity index (χ3n) is 3.79. The number of halogens is 1. The van der Waals surface area contributed by atoms with Crippen molar-refractivity contribution in [2.24, 2.45) is 5.92 Å². The summed E-state index contributed by atoms with van der Waals surface area (Å²) in [6.07, 6.45) is 0.929. The fourth-order valence-corrected chi connectivity index (χ4v) is 2.69. The molecule has 1 aromatic carbocycles. The molecule has 1 aliphatic rings. The Morgan fingerprint density at radius 3 is 2.50 bits per heavy atom. The number of carbonyl (C=O) groups excluding carboxylic acids is 1. The van der Waals surface area contributed by atoms with Crippen LogP contribution in [0.4, 0.5) is 5.69 Å². The maximum absolute atomic E-state index is 12.2. The molecule has 1 aliphatic heterocycles. The summed E-state index contributed by atoms with van der Waals surface area (Å²) in [4.78, 5) is 34.8. The fourth-order valence-electron chi connectivity index (χ4n) is 2.44. The normalized spacial score (nSPS) is 15.6. The van der Waals surface area contributed by atoms with E-state index in [1.54, 1.807) is 4.90 Å². The van der Waals surface area contributed by atoms with Crippen LogP contribution < -0.4 is 0 Å². The van der Waals surface area contributed by atoms with E-state index in [1.165, 1.54) is 18.2 Å². The predicted octanol–water partition coefficient (Wildman–Crippen LogP) is 2.11. The van der Waals surface area contributed by atoms with Crippen LogP contribution in [-0.2, 0) is 16.0 Å². The smallest absolute Gasteiger partial charge is 0.306 e. The summed E-state index contributed by atoms with van der Waals surface area (Å²) in [5, 5.41) is 19.8. The zero-order chi connectivity index (χ0) is 16.3. The number of nitro groups is 1. The molecule has 1 heterocycles. The molecule has 0 aliphatic carbocycles. The van der Waals surface area contributed by atoms with E-state index in [2.05, 4.69) is 0 Å². The van der Waals surface area contributed by atoms with Crippen molar-refractivity contribution >= 4 is 29.2 Å². The number of nitro benzene ring substituents is 1. The zero-order valence-electron chi connectivity index (χ0n) is 11.7. The van der Waals surface area contributed by atoms with Crippen molar-refractivity contribution in [2.45, 2.75) is 19.3 Å². The zero-order valence-corrected chi connectivity index (χ0v) is 12.5. The van der Waals surface area contributed by atoms with Crippen molar-refractivity contribution in [2.75, 3.05) is 13.1 Å². The van der Waals surface area contributed by atoms with Gasteiger partial charge in [0.25, 0.3) is 5.69 Å². The average molecular weight is 327 g/mol. The summed E-state index contributed by atoms with van der Waals surface area (Å²) >= 11 is 5.97. The average Bonchev–Trinajstić information content (AvgIpc) is 2.49. The van der Waals surface area contributed by atoms with E-state index in [0.29, 0.717) is 31.5 Å². The Balaban J connectivity index is 1.98. The molecule has 0 bridgehead atoms.